The molecule has 0 saturated heterocycles. The SMILES string of the molecule is CCC(CCC=CCCC(=O)O)C(=O)OC(C)(C)C. The second-order valence-electron chi connectivity index (χ2n) is 5.62. The number of carboxylic acid groups (broad SMARTS) is 1. The van der Waals surface area contributed by atoms with Crippen molar-refractivity contribution in [1.29, 1.82) is 0 Å². The first kappa shape index (κ1) is 17.7. The highest BCUT2D eigenvalue weighted by Gasteiger charge is 2.22. The van der Waals surface area contributed by atoms with E-state index in [1.54, 1.807) is 0 Å². The van der Waals surface area contributed by atoms with E-state index >= 15 is 0 Å². The van der Waals surface area contributed by atoms with Gasteiger partial charge < -0.3 is 9.84 Å². The van der Waals surface area contributed by atoms with E-state index < -0.39 is 11.6 Å². The van der Waals surface area contributed by atoms with Crippen LogP contribution in [0.1, 0.15) is 59.8 Å². The topological polar surface area (TPSA) is 63.6 Å². The minimum atomic E-state index is -0.787. The van der Waals surface area contributed by atoms with E-state index in [1.165, 1.54) is 0 Å². The molecule has 4 nitrogen and oxygen atoms in total. The lowest BCUT2D eigenvalue weighted by Crippen LogP contribution is -2.28. The largest absolute Gasteiger partial charge is 0.481 e. The van der Waals surface area contributed by atoms with Gasteiger partial charge in [-0.3, -0.25) is 9.59 Å². The van der Waals surface area contributed by atoms with Crippen LogP contribution < -0.4 is 0 Å². The van der Waals surface area contributed by atoms with Crippen LogP contribution in [0.2, 0.25) is 0 Å². The van der Waals surface area contributed by atoms with Crippen molar-refractivity contribution in [1.82, 2.24) is 0 Å². The highest BCUT2D eigenvalue weighted by Crippen LogP contribution is 2.18. The summed E-state index contributed by atoms with van der Waals surface area (Å²) in [5, 5.41) is 8.48. The Labute approximate surface area is 115 Å². The number of rotatable bonds is 8. The van der Waals surface area contributed by atoms with Crippen LogP contribution in [-0.4, -0.2) is 22.6 Å². The fourth-order valence-electron chi connectivity index (χ4n) is 1.61. The molecule has 1 N–H and O–H groups in total. The highest BCUT2D eigenvalue weighted by atomic mass is 16.6. The summed E-state index contributed by atoms with van der Waals surface area (Å²) in [4.78, 5) is 22.2. The lowest BCUT2D eigenvalue weighted by atomic mass is 10.00. The standard InChI is InChI=1S/C15H26O4/c1-5-12(14(18)19-15(2,3)4)10-8-6-7-9-11-13(16)17/h6-7,12H,5,8-11H2,1-4H3,(H,16,17). The third-order valence-electron chi connectivity index (χ3n) is 2.61. The minimum absolute atomic E-state index is 0.0802. The van der Waals surface area contributed by atoms with Crippen LogP contribution in [0.5, 0.6) is 0 Å². The number of esters is 1. The van der Waals surface area contributed by atoms with Crippen LogP contribution in [0.25, 0.3) is 0 Å². The quantitative estimate of drug-likeness (QED) is 0.541. The molecule has 0 fully saturated rings. The van der Waals surface area contributed by atoms with Crippen molar-refractivity contribution >= 4 is 11.9 Å². The summed E-state index contributed by atoms with van der Waals surface area (Å²) in [7, 11) is 0. The number of ether oxygens (including phenoxy) is 1. The number of carboxylic acids is 1. The molecule has 0 rings (SSSR count). The van der Waals surface area contributed by atoms with Gasteiger partial charge in [0.1, 0.15) is 5.60 Å². The summed E-state index contributed by atoms with van der Waals surface area (Å²) < 4.78 is 5.36. The summed E-state index contributed by atoms with van der Waals surface area (Å²) in [5.41, 5.74) is -0.443. The maximum Gasteiger partial charge on any atom is 0.309 e. The lowest BCUT2D eigenvalue weighted by molar-refractivity contribution is -0.160. The van der Waals surface area contributed by atoms with Crippen LogP contribution in [0.3, 0.4) is 0 Å². The van der Waals surface area contributed by atoms with Crippen molar-refractivity contribution < 1.29 is 19.4 Å². The molecule has 1 unspecified atom stereocenters. The molecule has 0 aliphatic rings. The Kier molecular flexibility index (Phi) is 8.12. The molecular weight excluding hydrogens is 244 g/mol. The average Bonchev–Trinajstić information content (AvgIpc) is 2.25. The molecule has 0 bridgehead atoms. The first-order chi connectivity index (χ1) is 8.76. The van der Waals surface area contributed by atoms with E-state index in [-0.39, 0.29) is 18.3 Å². The van der Waals surface area contributed by atoms with E-state index in [9.17, 15) is 9.59 Å². The third kappa shape index (κ3) is 10.3. The molecule has 0 aliphatic carbocycles. The van der Waals surface area contributed by atoms with Gasteiger partial charge in [-0.1, -0.05) is 19.1 Å². The summed E-state index contributed by atoms with van der Waals surface area (Å²) in [6, 6.07) is 0. The molecule has 110 valence electrons. The monoisotopic (exact) mass is 270 g/mol. The van der Waals surface area contributed by atoms with Gasteiger partial charge in [0.05, 0.1) is 5.92 Å². The maximum absolute atomic E-state index is 11.9. The first-order valence-electron chi connectivity index (χ1n) is 6.86. The van der Waals surface area contributed by atoms with Gasteiger partial charge >= 0.3 is 11.9 Å². The zero-order valence-electron chi connectivity index (χ0n) is 12.4. The van der Waals surface area contributed by atoms with E-state index in [4.69, 9.17) is 9.84 Å². The van der Waals surface area contributed by atoms with Crippen LogP contribution in [0, 0.1) is 5.92 Å². The number of carbonyl (C=O) groups excluding carboxylic acids is 1. The van der Waals surface area contributed by atoms with Gasteiger partial charge in [0.25, 0.3) is 0 Å². The number of aliphatic carboxylic acids is 1. The molecule has 4 heteroatoms. The molecule has 0 heterocycles. The molecule has 1 atom stereocenters. The summed E-state index contributed by atoms with van der Waals surface area (Å²) in [5.74, 6) is -1.01. The zero-order valence-corrected chi connectivity index (χ0v) is 12.4. The van der Waals surface area contributed by atoms with Crippen molar-refractivity contribution in [3.8, 4) is 0 Å². The smallest absolute Gasteiger partial charge is 0.309 e. The second-order valence-corrected chi connectivity index (χ2v) is 5.62. The van der Waals surface area contributed by atoms with Gasteiger partial charge in [0, 0.05) is 6.42 Å². The Morgan fingerprint density at radius 2 is 1.79 bits per heavy atom. The van der Waals surface area contributed by atoms with Crippen molar-refractivity contribution in [2.75, 3.05) is 0 Å². The van der Waals surface area contributed by atoms with Gasteiger partial charge in [-0.2, -0.15) is 0 Å². The van der Waals surface area contributed by atoms with Crippen LogP contribution in [0.4, 0.5) is 0 Å². The molecule has 0 saturated carbocycles. The van der Waals surface area contributed by atoms with Crippen LogP contribution >= 0.6 is 0 Å². The normalized spacial score (nSPS) is 13.5. The van der Waals surface area contributed by atoms with Gasteiger partial charge in [-0.15, -0.1) is 0 Å². The van der Waals surface area contributed by atoms with E-state index in [0.29, 0.717) is 6.42 Å². The zero-order chi connectivity index (χ0) is 14.9. The molecule has 0 spiro atoms. The molecule has 0 amide bonds. The van der Waals surface area contributed by atoms with Crippen molar-refractivity contribution in [3.05, 3.63) is 12.2 Å². The Morgan fingerprint density at radius 1 is 1.21 bits per heavy atom. The summed E-state index contributed by atoms with van der Waals surface area (Å²) in [6.45, 7) is 7.57. The molecule has 19 heavy (non-hydrogen) atoms. The van der Waals surface area contributed by atoms with Gasteiger partial charge in [0.2, 0.25) is 0 Å². The number of allylic oxidation sites excluding steroid dienone is 2. The van der Waals surface area contributed by atoms with Crippen LogP contribution in [0.15, 0.2) is 12.2 Å². The predicted octanol–water partition coefficient (Wildman–Crippen LogP) is 3.56. The van der Waals surface area contributed by atoms with Crippen molar-refractivity contribution in [2.45, 2.75) is 65.4 Å². The number of hydrogen-bond acceptors (Lipinski definition) is 3. The molecule has 0 radical (unpaired) electrons. The third-order valence-corrected chi connectivity index (χ3v) is 2.61. The van der Waals surface area contributed by atoms with Crippen LogP contribution in [-0.2, 0) is 14.3 Å². The molecule has 0 aromatic heterocycles. The van der Waals surface area contributed by atoms with Gasteiger partial charge in [0.15, 0.2) is 0 Å². The Bertz CT molecular complexity index is 313. The fourth-order valence-corrected chi connectivity index (χ4v) is 1.61. The average molecular weight is 270 g/mol. The highest BCUT2D eigenvalue weighted by molar-refractivity contribution is 5.72. The van der Waals surface area contributed by atoms with Crippen molar-refractivity contribution in [2.24, 2.45) is 5.92 Å². The Morgan fingerprint density at radius 3 is 2.26 bits per heavy atom. The van der Waals surface area contributed by atoms with Gasteiger partial charge in [-0.05, 0) is 46.5 Å². The summed E-state index contributed by atoms with van der Waals surface area (Å²) in [6.07, 6.45) is 6.77. The first-order valence-corrected chi connectivity index (χ1v) is 6.86. The van der Waals surface area contributed by atoms with E-state index in [1.807, 2.05) is 39.8 Å². The number of carbonyl (C=O) groups is 2. The fraction of sp³-hybridized carbons (Fsp3) is 0.733. The van der Waals surface area contributed by atoms with E-state index in [0.717, 1.165) is 19.3 Å². The molecule has 0 aromatic rings. The second kappa shape index (κ2) is 8.73. The maximum atomic E-state index is 11.9. The predicted molar refractivity (Wildman–Crippen MR) is 74.9 cm³/mol. The molecular formula is C15H26O4. The van der Waals surface area contributed by atoms with Gasteiger partial charge in [-0.25, -0.2) is 0 Å². The Balaban J connectivity index is 4.00. The summed E-state index contributed by atoms with van der Waals surface area (Å²) >= 11 is 0. The van der Waals surface area contributed by atoms with E-state index in [2.05, 4.69) is 0 Å². The number of hydrogen-bond donors (Lipinski definition) is 1. The van der Waals surface area contributed by atoms with Crippen molar-refractivity contribution in [3.63, 3.8) is 0 Å². The molecule has 0 aliphatic heterocycles. The lowest BCUT2D eigenvalue weighted by Gasteiger charge is -2.23. The molecule has 0 aromatic carbocycles. The Hall–Kier alpha value is -1.32. The minimum Gasteiger partial charge on any atom is -0.481 e.